The Balaban J connectivity index is 2.34. The molecule has 0 bridgehead atoms. The number of rotatable bonds is 4. The van der Waals surface area contributed by atoms with Crippen LogP contribution in [0.3, 0.4) is 0 Å². The Morgan fingerprint density at radius 1 is 1.00 bits per heavy atom. The van der Waals surface area contributed by atoms with Gasteiger partial charge in [-0.2, -0.15) is 0 Å². The zero-order valence-electron chi connectivity index (χ0n) is 11.1. The molecule has 1 atom stereocenters. The second kappa shape index (κ2) is 6.18. The number of hydrogen-bond donors (Lipinski definition) is 0. The predicted octanol–water partition coefficient (Wildman–Crippen LogP) is 4.06. The van der Waals surface area contributed by atoms with Crippen molar-refractivity contribution in [3.63, 3.8) is 0 Å². The molecule has 0 unspecified atom stereocenters. The van der Waals surface area contributed by atoms with Gasteiger partial charge in [0.1, 0.15) is 0 Å². The fraction of sp³-hybridized carbons (Fsp3) is 0.133. The van der Waals surface area contributed by atoms with Crippen LogP contribution >= 0.6 is 38.5 Å². The molecule has 0 amide bonds. The van der Waals surface area contributed by atoms with Gasteiger partial charge in [0.2, 0.25) is 7.45 Å². The summed E-state index contributed by atoms with van der Waals surface area (Å²) in [6.45, 7) is 0. The first-order valence-electron chi connectivity index (χ1n) is 6.01. The van der Waals surface area contributed by atoms with Crippen molar-refractivity contribution in [2.24, 2.45) is 0 Å². The Morgan fingerprint density at radius 3 is 1.95 bits per heavy atom. The summed E-state index contributed by atoms with van der Waals surface area (Å²) in [4.78, 5) is 12.3. The third kappa shape index (κ3) is 3.54. The average Bonchev–Trinajstić information content (AvgIpc) is 2.46. The van der Waals surface area contributed by atoms with E-state index in [-0.39, 0.29) is 0 Å². The summed E-state index contributed by atoms with van der Waals surface area (Å²) in [7, 11) is -3.56. The van der Waals surface area contributed by atoms with Crippen LogP contribution in [0, 0.1) is 0 Å². The monoisotopic (exact) mass is 478 g/mol. The number of sulfone groups is 1. The Hall–Kier alpha value is -0.730. The lowest BCUT2D eigenvalue weighted by atomic mass is 10.0. The van der Waals surface area contributed by atoms with Gasteiger partial charge in [0.25, 0.3) is 0 Å². The topological polar surface area (TPSA) is 51.2 Å². The average molecular weight is 479 g/mol. The van der Waals surface area contributed by atoms with Crippen LogP contribution in [0.4, 0.5) is 0 Å². The second-order valence-corrected chi connectivity index (χ2v) is 12.3. The van der Waals surface area contributed by atoms with Gasteiger partial charge in [-0.25, -0.2) is 8.42 Å². The van der Waals surface area contributed by atoms with Gasteiger partial charge in [0.05, 0.1) is 0 Å². The largest absolute Gasteiger partial charge is 0.290 e. The van der Waals surface area contributed by atoms with Crippen molar-refractivity contribution in [2.75, 3.05) is 6.26 Å². The molecule has 0 aliphatic carbocycles. The van der Waals surface area contributed by atoms with E-state index in [0.717, 1.165) is 17.4 Å². The van der Waals surface area contributed by atoms with Crippen LogP contribution in [0.15, 0.2) is 54.6 Å². The van der Waals surface area contributed by atoms with Crippen LogP contribution in [-0.4, -0.2) is 22.1 Å². The molecule has 2 aromatic carbocycles. The Morgan fingerprint density at radius 2 is 1.48 bits per heavy atom. The van der Waals surface area contributed by atoms with E-state index in [0.29, 0.717) is 5.56 Å². The summed E-state index contributed by atoms with van der Waals surface area (Å²) >= 11 is 4.63. The highest BCUT2D eigenvalue weighted by molar-refractivity contribution is 14.1. The number of Topliss-reactive ketones (excluding diaryl/α,β-unsaturated/α-hetero) is 1. The summed E-state index contributed by atoms with van der Waals surface area (Å²) in [6, 6.07) is 16.7. The zero-order chi connectivity index (χ0) is 15.7. The maximum atomic E-state index is 12.3. The summed E-state index contributed by atoms with van der Waals surface area (Å²) in [6.07, 6.45) is 1.03. The van der Waals surface area contributed by atoms with Crippen LogP contribution in [0.5, 0.6) is 0 Å². The van der Waals surface area contributed by atoms with Crippen molar-refractivity contribution in [3.8, 4) is 11.1 Å². The molecule has 0 fully saturated rings. The molecular formula is C15H12BrIO3S. The van der Waals surface area contributed by atoms with Crippen molar-refractivity contribution in [1.29, 1.82) is 0 Å². The van der Waals surface area contributed by atoms with Crippen LogP contribution in [0.1, 0.15) is 10.4 Å². The zero-order valence-corrected chi connectivity index (χ0v) is 15.6. The minimum absolute atomic E-state index is 0.353. The van der Waals surface area contributed by atoms with E-state index in [9.17, 15) is 13.2 Å². The highest BCUT2D eigenvalue weighted by Gasteiger charge is 2.43. The minimum Gasteiger partial charge on any atom is -0.290 e. The molecular weight excluding hydrogens is 467 g/mol. The smallest absolute Gasteiger partial charge is 0.238 e. The minimum atomic E-state index is -3.56. The molecule has 0 aliphatic rings. The van der Waals surface area contributed by atoms with E-state index < -0.39 is 17.3 Å². The maximum absolute atomic E-state index is 12.3. The molecule has 0 heterocycles. The number of alkyl halides is 2. The van der Waals surface area contributed by atoms with Gasteiger partial charge in [-0.3, -0.25) is 4.79 Å². The lowest BCUT2D eigenvalue weighted by Gasteiger charge is -2.17. The van der Waals surface area contributed by atoms with Gasteiger partial charge < -0.3 is 0 Å². The fourth-order valence-electron chi connectivity index (χ4n) is 1.78. The maximum Gasteiger partial charge on any atom is 0.238 e. The van der Waals surface area contributed by atoms with E-state index in [1.54, 1.807) is 34.7 Å². The number of halogens is 2. The molecule has 0 saturated carbocycles. The standard InChI is InChI=1S/C15H12BrIO3S/c1-21(19,20)15(16,17)14(18)13-9-7-12(8-10-13)11-5-3-2-4-6-11/h2-10H,1H3/t15-/m1/s1. The summed E-state index contributed by atoms with van der Waals surface area (Å²) in [5.74, 6) is -0.481. The molecule has 2 aromatic rings. The SMILES string of the molecule is CS(=O)(=O)[C@](Br)(I)C(=O)c1ccc(-c2ccccc2)cc1. The van der Waals surface area contributed by atoms with Crippen molar-refractivity contribution in [3.05, 3.63) is 60.2 Å². The van der Waals surface area contributed by atoms with E-state index in [1.165, 1.54) is 0 Å². The van der Waals surface area contributed by atoms with Crippen molar-refractivity contribution in [2.45, 2.75) is 1.66 Å². The highest BCUT2D eigenvalue weighted by atomic mass is 127. The first-order chi connectivity index (χ1) is 9.73. The number of hydrogen-bond acceptors (Lipinski definition) is 3. The fourth-order valence-corrected chi connectivity index (χ4v) is 2.78. The van der Waals surface area contributed by atoms with Gasteiger partial charge in [0.15, 0.2) is 9.84 Å². The second-order valence-electron chi connectivity index (χ2n) is 4.56. The molecule has 0 saturated heterocycles. The van der Waals surface area contributed by atoms with E-state index in [4.69, 9.17) is 0 Å². The molecule has 110 valence electrons. The van der Waals surface area contributed by atoms with Crippen molar-refractivity contribution in [1.82, 2.24) is 0 Å². The number of carbonyl (C=O) groups excluding carboxylic acids is 1. The van der Waals surface area contributed by atoms with Crippen LogP contribution < -0.4 is 0 Å². The molecule has 21 heavy (non-hydrogen) atoms. The molecule has 0 N–H and O–H groups in total. The lowest BCUT2D eigenvalue weighted by Crippen LogP contribution is -2.33. The van der Waals surface area contributed by atoms with E-state index >= 15 is 0 Å². The number of ketones is 1. The Kier molecular flexibility index (Phi) is 4.89. The molecule has 0 aromatic heterocycles. The van der Waals surface area contributed by atoms with Gasteiger partial charge >= 0.3 is 0 Å². The quantitative estimate of drug-likeness (QED) is 0.378. The van der Waals surface area contributed by atoms with Gasteiger partial charge in [-0.05, 0) is 49.6 Å². The highest BCUT2D eigenvalue weighted by Crippen LogP contribution is 2.36. The van der Waals surface area contributed by atoms with Crippen LogP contribution in [-0.2, 0) is 9.84 Å². The first-order valence-corrected chi connectivity index (χ1v) is 9.77. The summed E-state index contributed by atoms with van der Waals surface area (Å²) in [5.41, 5.74) is 2.37. The van der Waals surface area contributed by atoms with Crippen molar-refractivity contribution >= 4 is 54.1 Å². The predicted molar refractivity (Wildman–Crippen MR) is 96.7 cm³/mol. The number of benzene rings is 2. The first kappa shape index (κ1) is 16.6. The molecule has 2 rings (SSSR count). The third-order valence-electron chi connectivity index (χ3n) is 2.98. The van der Waals surface area contributed by atoms with E-state index in [2.05, 4.69) is 15.9 Å². The van der Waals surface area contributed by atoms with Gasteiger partial charge in [0, 0.05) is 11.8 Å². The lowest BCUT2D eigenvalue weighted by molar-refractivity contribution is 0.101. The molecule has 0 spiro atoms. The van der Waals surface area contributed by atoms with Gasteiger partial charge in [-0.1, -0.05) is 54.6 Å². The normalized spacial score (nSPS) is 14.4. The van der Waals surface area contributed by atoms with E-state index in [1.807, 2.05) is 42.5 Å². The number of carbonyl (C=O) groups is 1. The van der Waals surface area contributed by atoms with Crippen molar-refractivity contribution < 1.29 is 13.2 Å². The summed E-state index contributed by atoms with van der Waals surface area (Å²) < 4.78 is 21.7. The third-order valence-corrected chi connectivity index (χ3v) is 9.12. The Labute approximate surface area is 145 Å². The van der Waals surface area contributed by atoms with Crippen LogP contribution in [0.25, 0.3) is 11.1 Å². The molecule has 0 aliphatic heterocycles. The molecule has 6 heteroatoms. The van der Waals surface area contributed by atoms with Crippen LogP contribution in [0.2, 0.25) is 0 Å². The molecule has 3 nitrogen and oxygen atoms in total. The molecule has 0 radical (unpaired) electrons. The van der Waals surface area contributed by atoms with Gasteiger partial charge in [-0.15, -0.1) is 0 Å². The summed E-state index contributed by atoms with van der Waals surface area (Å²) in [5, 5.41) is 0. The Bertz CT molecular complexity index is 753.